The molecule has 6 nitrogen and oxygen atoms in total. The zero-order valence-corrected chi connectivity index (χ0v) is 22.9. The lowest BCUT2D eigenvalue weighted by atomic mass is 10.0. The Labute approximate surface area is 215 Å². The van der Waals surface area contributed by atoms with Crippen LogP contribution in [0.3, 0.4) is 0 Å². The fourth-order valence-electron chi connectivity index (χ4n) is 3.80. The highest BCUT2D eigenvalue weighted by Crippen LogP contribution is 2.13. The molecule has 0 aliphatic heterocycles. The van der Waals surface area contributed by atoms with Gasteiger partial charge >= 0.3 is 0 Å². The molecule has 7 heteroatoms. The second-order valence-corrected chi connectivity index (χ2v) is 10.6. The molecule has 0 bridgehead atoms. The van der Waals surface area contributed by atoms with E-state index in [0.29, 0.717) is 26.4 Å². The summed E-state index contributed by atoms with van der Waals surface area (Å²) in [6, 6.07) is 8.09. The minimum atomic E-state index is -3.72. The Morgan fingerprint density at radius 2 is 0.914 bits per heavy atom. The number of rotatable bonds is 26. The molecule has 0 aliphatic carbocycles. The second kappa shape index (κ2) is 23.4. The van der Waals surface area contributed by atoms with Gasteiger partial charge in [0.15, 0.2) is 0 Å². The lowest BCUT2D eigenvalue weighted by Gasteiger charge is -2.08. The Morgan fingerprint density at radius 1 is 0.514 bits per heavy atom. The Balaban J connectivity index is 1.73. The summed E-state index contributed by atoms with van der Waals surface area (Å²) in [5, 5.41) is 0. The summed E-state index contributed by atoms with van der Waals surface area (Å²) >= 11 is 0. The van der Waals surface area contributed by atoms with Gasteiger partial charge in [-0.25, -0.2) is 0 Å². The predicted octanol–water partition coefficient (Wildman–Crippen LogP) is 6.92. The Hall–Kier alpha value is -0.990. The van der Waals surface area contributed by atoms with Gasteiger partial charge < -0.3 is 14.2 Å². The van der Waals surface area contributed by atoms with E-state index in [1.54, 1.807) is 18.2 Å². The van der Waals surface area contributed by atoms with E-state index in [1.807, 2.05) is 0 Å². The third kappa shape index (κ3) is 19.8. The van der Waals surface area contributed by atoms with E-state index in [1.165, 1.54) is 95.6 Å². The highest BCUT2D eigenvalue weighted by Gasteiger charge is 2.13. The molecule has 0 unspecified atom stereocenters. The van der Waals surface area contributed by atoms with E-state index in [4.69, 9.17) is 18.4 Å². The lowest BCUT2D eigenvalue weighted by molar-refractivity contribution is 0.00912. The topological polar surface area (TPSA) is 71.1 Å². The van der Waals surface area contributed by atoms with Crippen LogP contribution in [-0.2, 0) is 28.5 Å². The van der Waals surface area contributed by atoms with Crippen molar-refractivity contribution >= 4 is 10.1 Å². The van der Waals surface area contributed by atoms with Gasteiger partial charge in [-0.1, -0.05) is 109 Å². The Bertz CT molecular complexity index is 665. The zero-order valence-electron chi connectivity index (χ0n) is 22.1. The normalized spacial score (nSPS) is 11.8. The average molecular weight is 515 g/mol. The van der Waals surface area contributed by atoms with Crippen molar-refractivity contribution in [3.05, 3.63) is 30.3 Å². The van der Waals surface area contributed by atoms with Crippen LogP contribution >= 0.6 is 0 Å². The quantitative estimate of drug-likeness (QED) is 0.0987. The molecule has 1 aromatic rings. The van der Waals surface area contributed by atoms with E-state index < -0.39 is 10.1 Å². The number of unbranched alkanes of at least 4 members (excludes halogenated alkanes) is 13. The summed E-state index contributed by atoms with van der Waals surface area (Å²) in [5.74, 6) is 0. The largest absolute Gasteiger partial charge is 0.379 e. The SMILES string of the molecule is CCCCCCCCCCCCCCCCOCCOCCOCCOS(=O)(=O)c1ccccc1. The standard InChI is InChI=1S/C28H50O6S/c1-2-3-4-5-6-7-8-9-10-11-12-13-14-18-21-31-22-23-32-24-25-33-26-27-34-35(29,30)28-19-16-15-17-20-28/h15-17,19-20H,2-14,18,21-27H2,1H3. The van der Waals surface area contributed by atoms with E-state index in [9.17, 15) is 8.42 Å². The fraction of sp³-hybridized carbons (Fsp3) is 0.786. The number of hydrogen-bond acceptors (Lipinski definition) is 6. The number of ether oxygens (including phenoxy) is 3. The van der Waals surface area contributed by atoms with Crippen LogP contribution in [0.5, 0.6) is 0 Å². The Morgan fingerprint density at radius 3 is 1.40 bits per heavy atom. The van der Waals surface area contributed by atoms with Crippen molar-refractivity contribution in [1.29, 1.82) is 0 Å². The van der Waals surface area contributed by atoms with Gasteiger partial charge in [0.25, 0.3) is 10.1 Å². The molecule has 0 saturated heterocycles. The fourth-order valence-corrected chi connectivity index (χ4v) is 4.71. The maximum absolute atomic E-state index is 11.9. The first-order chi connectivity index (χ1) is 17.2. The van der Waals surface area contributed by atoms with E-state index >= 15 is 0 Å². The molecular weight excluding hydrogens is 464 g/mol. The first kappa shape index (κ1) is 32.0. The smallest absolute Gasteiger partial charge is 0.297 e. The van der Waals surface area contributed by atoms with E-state index in [2.05, 4.69) is 6.92 Å². The van der Waals surface area contributed by atoms with Crippen molar-refractivity contribution in [3.63, 3.8) is 0 Å². The summed E-state index contributed by atoms with van der Waals surface area (Å²) in [6.45, 7) is 5.24. The van der Waals surface area contributed by atoms with Crippen LogP contribution in [0.15, 0.2) is 35.2 Å². The summed E-state index contributed by atoms with van der Waals surface area (Å²) in [7, 11) is -3.72. The minimum Gasteiger partial charge on any atom is -0.379 e. The average Bonchev–Trinajstić information content (AvgIpc) is 2.87. The van der Waals surface area contributed by atoms with Crippen LogP contribution in [0.1, 0.15) is 96.8 Å². The van der Waals surface area contributed by atoms with Gasteiger partial charge in [0, 0.05) is 6.61 Å². The number of benzene rings is 1. The van der Waals surface area contributed by atoms with Crippen LogP contribution < -0.4 is 0 Å². The van der Waals surface area contributed by atoms with Crippen molar-refractivity contribution in [2.45, 2.75) is 102 Å². The summed E-state index contributed by atoms with van der Waals surface area (Å²) in [6.07, 6.45) is 19.1. The summed E-state index contributed by atoms with van der Waals surface area (Å²) in [4.78, 5) is 0.150. The minimum absolute atomic E-state index is 0.0144. The van der Waals surface area contributed by atoms with Gasteiger partial charge in [-0.2, -0.15) is 8.42 Å². The highest BCUT2D eigenvalue weighted by molar-refractivity contribution is 7.86. The van der Waals surface area contributed by atoms with Crippen LogP contribution in [0.25, 0.3) is 0 Å². The maximum atomic E-state index is 11.9. The third-order valence-electron chi connectivity index (χ3n) is 5.88. The van der Waals surface area contributed by atoms with Crippen molar-refractivity contribution in [2.75, 3.05) is 46.2 Å². The van der Waals surface area contributed by atoms with Gasteiger partial charge in [-0.3, -0.25) is 4.18 Å². The molecule has 0 spiro atoms. The lowest BCUT2D eigenvalue weighted by Crippen LogP contribution is -2.14. The zero-order chi connectivity index (χ0) is 25.3. The molecular formula is C28H50O6S. The van der Waals surface area contributed by atoms with Crippen molar-refractivity contribution in [2.24, 2.45) is 0 Å². The van der Waals surface area contributed by atoms with E-state index in [0.717, 1.165) is 13.0 Å². The molecule has 0 aliphatic rings. The van der Waals surface area contributed by atoms with Gasteiger partial charge in [0.2, 0.25) is 0 Å². The van der Waals surface area contributed by atoms with Crippen LogP contribution in [-0.4, -0.2) is 54.7 Å². The molecule has 1 rings (SSSR count). The van der Waals surface area contributed by atoms with Gasteiger partial charge in [-0.15, -0.1) is 0 Å². The second-order valence-electron chi connectivity index (χ2n) is 9.02. The molecule has 0 aromatic heterocycles. The van der Waals surface area contributed by atoms with Crippen molar-refractivity contribution in [3.8, 4) is 0 Å². The van der Waals surface area contributed by atoms with Crippen molar-refractivity contribution in [1.82, 2.24) is 0 Å². The molecule has 0 heterocycles. The van der Waals surface area contributed by atoms with Crippen LogP contribution in [0.4, 0.5) is 0 Å². The van der Waals surface area contributed by atoms with Gasteiger partial charge in [0.1, 0.15) is 0 Å². The van der Waals surface area contributed by atoms with E-state index in [-0.39, 0.29) is 18.1 Å². The first-order valence-electron chi connectivity index (χ1n) is 13.8. The van der Waals surface area contributed by atoms with Crippen LogP contribution in [0, 0.1) is 0 Å². The Kier molecular flexibility index (Phi) is 21.4. The summed E-state index contributed by atoms with van der Waals surface area (Å²) in [5.41, 5.74) is 0. The van der Waals surface area contributed by atoms with Crippen molar-refractivity contribution < 1.29 is 26.8 Å². The molecule has 1 aromatic carbocycles. The molecule has 0 radical (unpaired) electrons. The molecule has 0 saturated carbocycles. The molecule has 0 fully saturated rings. The number of hydrogen-bond donors (Lipinski definition) is 0. The molecule has 0 N–H and O–H groups in total. The highest BCUT2D eigenvalue weighted by atomic mass is 32.2. The molecule has 0 atom stereocenters. The van der Waals surface area contributed by atoms with Gasteiger partial charge in [0.05, 0.1) is 44.5 Å². The van der Waals surface area contributed by atoms with Gasteiger partial charge in [-0.05, 0) is 18.6 Å². The molecule has 0 amide bonds. The maximum Gasteiger partial charge on any atom is 0.297 e. The molecule has 35 heavy (non-hydrogen) atoms. The summed E-state index contributed by atoms with van der Waals surface area (Å²) < 4.78 is 45.3. The monoisotopic (exact) mass is 514 g/mol. The predicted molar refractivity (Wildman–Crippen MR) is 142 cm³/mol. The van der Waals surface area contributed by atoms with Crippen LogP contribution in [0.2, 0.25) is 0 Å². The molecule has 204 valence electrons. The third-order valence-corrected chi connectivity index (χ3v) is 7.21. The first-order valence-corrected chi connectivity index (χ1v) is 15.3.